The van der Waals surface area contributed by atoms with Crippen molar-refractivity contribution in [3.8, 4) is 5.75 Å². The summed E-state index contributed by atoms with van der Waals surface area (Å²) >= 11 is 0. The number of nitrogens with one attached hydrogen (secondary N) is 1. The van der Waals surface area contributed by atoms with Gasteiger partial charge in [-0.3, -0.25) is 19.5 Å². The van der Waals surface area contributed by atoms with E-state index in [4.69, 9.17) is 9.47 Å². The number of benzene rings is 1. The molecule has 0 spiro atoms. The summed E-state index contributed by atoms with van der Waals surface area (Å²) < 4.78 is 12.0. The first-order chi connectivity index (χ1) is 16.3. The van der Waals surface area contributed by atoms with Crippen LogP contribution in [0, 0.1) is 5.92 Å². The number of carbonyl (C=O) groups is 2. The maximum atomic E-state index is 13.3. The van der Waals surface area contributed by atoms with Crippen molar-refractivity contribution in [1.82, 2.24) is 19.8 Å². The lowest BCUT2D eigenvalue weighted by molar-refractivity contribution is 0.0108. The van der Waals surface area contributed by atoms with E-state index >= 15 is 0 Å². The van der Waals surface area contributed by atoms with Crippen LogP contribution in [0.3, 0.4) is 0 Å². The molecular formula is C25H35N5O4. The highest BCUT2D eigenvalue weighted by atomic mass is 16.5. The molecule has 0 saturated heterocycles. The molecule has 2 heterocycles. The summed E-state index contributed by atoms with van der Waals surface area (Å²) in [5, 5.41) is 2.81. The molecule has 9 heteroatoms. The van der Waals surface area contributed by atoms with Gasteiger partial charge >= 0.3 is 0 Å². The molecule has 1 N–H and O–H groups in total. The van der Waals surface area contributed by atoms with Gasteiger partial charge in [0.2, 0.25) is 0 Å². The number of hydrogen-bond donors (Lipinski definition) is 1. The zero-order valence-corrected chi connectivity index (χ0v) is 20.7. The highest BCUT2D eigenvalue weighted by Crippen LogP contribution is 2.27. The number of rotatable bonds is 5. The quantitative estimate of drug-likeness (QED) is 0.719. The van der Waals surface area contributed by atoms with Crippen LogP contribution in [0.1, 0.15) is 48.0 Å². The lowest BCUT2D eigenvalue weighted by atomic mass is 10.0. The summed E-state index contributed by atoms with van der Waals surface area (Å²) in [6, 6.07) is 5.20. The predicted molar refractivity (Wildman–Crippen MR) is 130 cm³/mol. The second-order valence-electron chi connectivity index (χ2n) is 8.85. The van der Waals surface area contributed by atoms with Crippen molar-refractivity contribution in [2.75, 3.05) is 45.7 Å². The summed E-state index contributed by atoms with van der Waals surface area (Å²) in [6.07, 6.45) is 5.31. The zero-order valence-electron chi connectivity index (χ0n) is 20.7. The molecule has 1 aromatic heterocycles. The van der Waals surface area contributed by atoms with Crippen molar-refractivity contribution in [2.24, 2.45) is 5.92 Å². The highest BCUT2D eigenvalue weighted by molar-refractivity contribution is 6.03. The zero-order chi connectivity index (χ0) is 24.7. The van der Waals surface area contributed by atoms with Crippen LogP contribution in [-0.2, 0) is 4.74 Å². The Morgan fingerprint density at radius 3 is 2.74 bits per heavy atom. The van der Waals surface area contributed by atoms with Gasteiger partial charge in [0, 0.05) is 57.4 Å². The van der Waals surface area contributed by atoms with E-state index in [-0.39, 0.29) is 35.6 Å². The molecule has 0 bridgehead atoms. The van der Waals surface area contributed by atoms with Crippen molar-refractivity contribution in [2.45, 2.75) is 39.3 Å². The van der Waals surface area contributed by atoms with Gasteiger partial charge in [0.05, 0.1) is 17.9 Å². The molecule has 0 fully saturated rings. The lowest BCUT2D eigenvalue weighted by Gasteiger charge is -2.35. The van der Waals surface area contributed by atoms with Crippen molar-refractivity contribution in [3.63, 3.8) is 0 Å². The molecule has 0 radical (unpaired) electrons. The SMILES string of the molecule is CCCN1C[C@H](C)[C@@H](OC)CN(C)C(=O)c2ccc(NC(=O)c3cnccn3)cc2OC[C@@H]1C. The summed E-state index contributed by atoms with van der Waals surface area (Å²) in [4.78, 5) is 37.8. The number of aromatic nitrogens is 2. The Balaban J connectivity index is 1.91. The Hall–Kier alpha value is -3.04. The van der Waals surface area contributed by atoms with Crippen LogP contribution in [0.25, 0.3) is 0 Å². The molecule has 2 aromatic rings. The Morgan fingerprint density at radius 1 is 1.26 bits per heavy atom. The monoisotopic (exact) mass is 469 g/mol. The highest BCUT2D eigenvalue weighted by Gasteiger charge is 2.28. The molecule has 0 aliphatic carbocycles. The number of methoxy groups -OCH3 is 1. The van der Waals surface area contributed by atoms with Crippen LogP contribution in [0.4, 0.5) is 5.69 Å². The minimum atomic E-state index is -0.385. The van der Waals surface area contributed by atoms with Crippen LogP contribution >= 0.6 is 0 Å². The molecular weight excluding hydrogens is 434 g/mol. The van der Waals surface area contributed by atoms with Crippen molar-refractivity contribution >= 4 is 17.5 Å². The second kappa shape index (κ2) is 11.9. The van der Waals surface area contributed by atoms with Crippen molar-refractivity contribution < 1.29 is 19.1 Å². The van der Waals surface area contributed by atoms with Gasteiger partial charge in [0.15, 0.2) is 0 Å². The fourth-order valence-corrected chi connectivity index (χ4v) is 4.14. The molecule has 1 aliphatic rings. The van der Waals surface area contributed by atoms with E-state index in [0.717, 1.165) is 19.5 Å². The first-order valence-electron chi connectivity index (χ1n) is 11.7. The van der Waals surface area contributed by atoms with E-state index < -0.39 is 0 Å². The molecule has 3 rings (SSSR count). The molecule has 1 aromatic carbocycles. The second-order valence-corrected chi connectivity index (χ2v) is 8.85. The van der Waals surface area contributed by atoms with E-state index in [1.54, 1.807) is 37.3 Å². The fraction of sp³-hybridized carbons (Fsp3) is 0.520. The van der Waals surface area contributed by atoms with Gasteiger partial charge in [-0.1, -0.05) is 13.8 Å². The van der Waals surface area contributed by atoms with Crippen molar-refractivity contribution in [3.05, 3.63) is 48.0 Å². The van der Waals surface area contributed by atoms with E-state index in [0.29, 0.717) is 30.2 Å². The van der Waals surface area contributed by atoms with Crippen LogP contribution < -0.4 is 10.1 Å². The molecule has 34 heavy (non-hydrogen) atoms. The van der Waals surface area contributed by atoms with Gasteiger partial charge in [-0.05, 0) is 37.9 Å². The minimum absolute atomic E-state index is 0.0881. The van der Waals surface area contributed by atoms with E-state index in [2.05, 4.69) is 41.0 Å². The smallest absolute Gasteiger partial charge is 0.275 e. The Kier molecular flexibility index (Phi) is 8.95. The molecule has 0 saturated carbocycles. The first kappa shape index (κ1) is 25.6. The number of carbonyl (C=O) groups excluding carboxylic acids is 2. The Labute approximate surface area is 201 Å². The van der Waals surface area contributed by atoms with Gasteiger partial charge < -0.3 is 19.7 Å². The van der Waals surface area contributed by atoms with E-state index in [9.17, 15) is 9.59 Å². The summed E-state index contributed by atoms with van der Waals surface area (Å²) in [7, 11) is 3.47. The van der Waals surface area contributed by atoms with Crippen molar-refractivity contribution in [1.29, 1.82) is 0 Å². The average molecular weight is 470 g/mol. The first-order valence-corrected chi connectivity index (χ1v) is 11.7. The molecule has 3 atom stereocenters. The topological polar surface area (TPSA) is 96.9 Å². The minimum Gasteiger partial charge on any atom is -0.491 e. The summed E-state index contributed by atoms with van der Waals surface area (Å²) in [6.45, 7) is 9.13. The number of hydrogen-bond acceptors (Lipinski definition) is 7. The maximum absolute atomic E-state index is 13.3. The molecule has 2 amide bonds. The standard InChI is InChI=1S/C25H35N5O4/c1-6-11-30-14-17(2)23(33-5)15-29(4)25(32)20-8-7-19(12-22(20)34-16-18(30)3)28-24(31)21-13-26-9-10-27-21/h7-10,12-13,17-18,23H,6,11,14-16H2,1-5H3,(H,28,31)/t17-,18-,23-/m0/s1. The third kappa shape index (κ3) is 6.30. The van der Waals surface area contributed by atoms with E-state index in [1.165, 1.54) is 18.6 Å². The van der Waals surface area contributed by atoms with Gasteiger partial charge in [0.1, 0.15) is 18.1 Å². The predicted octanol–water partition coefficient (Wildman–Crippen LogP) is 2.94. The number of anilines is 1. The normalized spacial score (nSPS) is 22.2. The lowest BCUT2D eigenvalue weighted by Crippen LogP contribution is -2.46. The van der Waals surface area contributed by atoms with Gasteiger partial charge in [0.25, 0.3) is 11.8 Å². The molecule has 1 aliphatic heterocycles. The number of ether oxygens (including phenoxy) is 2. The number of fused-ring (bicyclic) bond motifs is 1. The summed E-state index contributed by atoms with van der Waals surface area (Å²) in [5.41, 5.74) is 1.16. The number of amides is 2. The van der Waals surface area contributed by atoms with Gasteiger partial charge in [-0.25, -0.2) is 4.98 Å². The summed E-state index contributed by atoms with van der Waals surface area (Å²) in [5.74, 6) is 0.130. The van der Waals surface area contributed by atoms with Crippen LogP contribution in [0.5, 0.6) is 5.75 Å². The third-order valence-corrected chi connectivity index (χ3v) is 6.14. The molecule has 0 unspecified atom stereocenters. The van der Waals surface area contributed by atoms with Crippen LogP contribution in [0.2, 0.25) is 0 Å². The number of nitrogens with zero attached hydrogens (tertiary/aromatic N) is 4. The largest absolute Gasteiger partial charge is 0.491 e. The van der Waals surface area contributed by atoms with Gasteiger partial charge in [-0.15, -0.1) is 0 Å². The average Bonchev–Trinajstić information content (AvgIpc) is 2.84. The Bertz CT molecular complexity index is 971. The van der Waals surface area contributed by atoms with Crippen LogP contribution in [-0.4, -0.2) is 84.1 Å². The molecule has 184 valence electrons. The molecule has 9 nitrogen and oxygen atoms in total. The number of likely N-dealkylation sites (N-methyl/N-ethyl adjacent to an activating group) is 1. The van der Waals surface area contributed by atoms with Gasteiger partial charge in [-0.2, -0.15) is 0 Å². The fourth-order valence-electron chi connectivity index (χ4n) is 4.14. The van der Waals surface area contributed by atoms with Crippen LogP contribution in [0.15, 0.2) is 36.8 Å². The van der Waals surface area contributed by atoms with E-state index in [1.807, 2.05) is 0 Å². The third-order valence-electron chi connectivity index (χ3n) is 6.14. The maximum Gasteiger partial charge on any atom is 0.275 e. The Morgan fingerprint density at radius 2 is 2.06 bits per heavy atom.